The van der Waals surface area contributed by atoms with E-state index in [2.05, 4.69) is 31.2 Å². The molecule has 1 amide bonds. The van der Waals surface area contributed by atoms with Crippen LogP contribution in [-0.4, -0.2) is 46.1 Å². The van der Waals surface area contributed by atoms with Crippen LogP contribution in [-0.2, 0) is 14.6 Å². The molecule has 124 valence electrons. The molecule has 1 atom stereocenters. The largest absolute Gasteiger partial charge is 0.310 e. The molecule has 8 heteroatoms. The summed E-state index contributed by atoms with van der Waals surface area (Å²) in [6.07, 6.45) is 0.545. The van der Waals surface area contributed by atoms with Gasteiger partial charge in [-0.25, -0.2) is 13.1 Å². The quantitative estimate of drug-likeness (QED) is 0.903. The van der Waals surface area contributed by atoms with E-state index >= 15 is 0 Å². The van der Waals surface area contributed by atoms with E-state index in [9.17, 15) is 13.2 Å². The van der Waals surface area contributed by atoms with Crippen LogP contribution in [0.25, 0.3) is 0 Å². The number of aromatic nitrogens is 2. The van der Waals surface area contributed by atoms with Crippen LogP contribution in [0.1, 0.15) is 38.9 Å². The van der Waals surface area contributed by atoms with E-state index in [4.69, 9.17) is 0 Å². The van der Waals surface area contributed by atoms with Gasteiger partial charge in [0.1, 0.15) is 5.82 Å². The number of sulfone groups is 1. The molecule has 0 spiro atoms. The highest BCUT2D eigenvalue weighted by Gasteiger charge is 2.31. The van der Waals surface area contributed by atoms with Crippen LogP contribution >= 0.6 is 11.8 Å². The van der Waals surface area contributed by atoms with Gasteiger partial charge in [0.25, 0.3) is 0 Å². The number of aryl methyl sites for hydroxylation is 1. The molecule has 1 aromatic heterocycles. The number of rotatable bonds is 4. The molecule has 6 nitrogen and oxygen atoms in total. The molecule has 1 aromatic rings. The first kappa shape index (κ1) is 17.3. The molecule has 1 saturated heterocycles. The third kappa shape index (κ3) is 4.74. The highest BCUT2D eigenvalue weighted by molar-refractivity contribution is 8.01. The van der Waals surface area contributed by atoms with Gasteiger partial charge in [0, 0.05) is 10.8 Å². The number of thioether (sulfide) groups is 1. The van der Waals surface area contributed by atoms with Crippen molar-refractivity contribution in [3.63, 3.8) is 0 Å². The second kappa shape index (κ2) is 6.23. The van der Waals surface area contributed by atoms with Gasteiger partial charge < -0.3 is 5.32 Å². The Labute approximate surface area is 136 Å². The van der Waals surface area contributed by atoms with Crippen LogP contribution in [0, 0.1) is 6.92 Å². The molecule has 2 heterocycles. The Morgan fingerprint density at radius 1 is 1.50 bits per heavy atom. The third-order valence-electron chi connectivity index (χ3n) is 3.32. The lowest BCUT2D eigenvalue weighted by atomic mass is 10.3. The van der Waals surface area contributed by atoms with Crippen molar-refractivity contribution >= 4 is 33.3 Å². The van der Waals surface area contributed by atoms with Crippen molar-refractivity contribution in [2.75, 3.05) is 22.6 Å². The highest BCUT2D eigenvalue weighted by Crippen LogP contribution is 2.28. The molecule has 1 N–H and O–H groups in total. The van der Waals surface area contributed by atoms with Crippen LogP contribution in [0.3, 0.4) is 0 Å². The summed E-state index contributed by atoms with van der Waals surface area (Å²) in [6, 6.07) is 1.59. The Hall–Kier alpha value is -1.02. The van der Waals surface area contributed by atoms with Crippen LogP contribution in [0.4, 0.5) is 5.82 Å². The summed E-state index contributed by atoms with van der Waals surface area (Å²) in [5.74, 6) is 1.12. The smallest absolute Gasteiger partial charge is 0.235 e. The normalized spacial score (nSPS) is 21.0. The number of nitrogens with zero attached hydrogens (tertiary/aromatic N) is 2. The van der Waals surface area contributed by atoms with Crippen molar-refractivity contribution in [3.05, 3.63) is 11.8 Å². The molecule has 2 rings (SSSR count). The molecule has 22 heavy (non-hydrogen) atoms. The van der Waals surface area contributed by atoms with E-state index in [1.165, 1.54) is 0 Å². The van der Waals surface area contributed by atoms with Gasteiger partial charge >= 0.3 is 0 Å². The Bertz CT molecular complexity index is 659. The number of nitrogens with one attached hydrogen (secondary N) is 1. The fourth-order valence-corrected chi connectivity index (χ4v) is 4.65. The number of amides is 1. The van der Waals surface area contributed by atoms with E-state index in [0.29, 0.717) is 18.0 Å². The zero-order chi connectivity index (χ0) is 16.5. The van der Waals surface area contributed by atoms with Gasteiger partial charge in [-0.05, 0) is 13.3 Å². The molecule has 1 fully saturated rings. The molecule has 0 saturated carbocycles. The molecule has 0 aliphatic carbocycles. The molecule has 1 unspecified atom stereocenters. The maximum absolute atomic E-state index is 12.1. The molecular weight excluding hydrogens is 322 g/mol. The van der Waals surface area contributed by atoms with Gasteiger partial charge in [0.2, 0.25) is 5.91 Å². The summed E-state index contributed by atoms with van der Waals surface area (Å²) in [4.78, 5) is 12.1. The molecule has 0 bridgehead atoms. The lowest BCUT2D eigenvalue weighted by molar-refractivity contribution is -0.113. The Balaban J connectivity index is 2.07. The number of hydrogen-bond donors (Lipinski definition) is 1. The first-order valence-electron chi connectivity index (χ1n) is 7.26. The predicted octanol–water partition coefficient (Wildman–Crippen LogP) is 2.02. The van der Waals surface area contributed by atoms with Crippen molar-refractivity contribution in [2.24, 2.45) is 0 Å². The van der Waals surface area contributed by atoms with Crippen molar-refractivity contribution in [1.82, 2.24) is 9.78 Å². The molecule has 0 radical (unpaired) electrons. The summed E-state index contributed by atoms with van der Waals surface area (Å²) < 4.78 is 24.9. The summed E-state index contributed by atoms with van der Waals surface area (Å²) in [6.45, 7) is 8.01. The van der Waals surface area contributed by atoms with E-state index in [1.807, 2.05) is 6.92 Å². The van der Waals surface area contributed by atoms with Gasteiger partial charge in [-0.1, -0.05) is 20.8 Å². The van der Waals surface area contributed by atoms with Crippen LogP contribution in [0.5, 0.6) is 0 Å². The van der Waals surface area contributed by atoms with Gasteiger partial charge in [-0.3, -0.25) is 4.79 Å². The minimum Gasteiger partial charge on any atom is -0.310 e. The molecular formula is C14H23N3O3S2. The van der Waals surface area contributed by atoms with E-state index in [1.54, 1.807) is 22.5 Å². The highest BCUT2D eigenvalue weighted by atomic mass is 32.2. The van der Waals surface area contributed by atoms with Gasteiger partial charge in [0.15, 0.2) is 9.84 Å². The van der Waals surface area contributed by atoms with Crippen molar-refractivity contribution in [1.29, 1.82) is 0 Å². The Morgan fingerprint density at radius 2 is 2.18 bits per heavy atom. The van der Waals surface area contributed by atoms with Crippen LogP contribution in [0.2, 0.25) is 0 Å². The molecule has 0 aromatic carbocycles. The number of hydrogen-bond acceptors (Lipinski definition) is 5. The average molecular weight is 345 g/mol. The van der Waals surface area contributed by atoms with Crippen LogP contribution < -0.4 is 5.32 Å². The zero-order valence-corrected chi connectivity index (χ0v) is 15.1. The van der Waals surface area contributed by atoms with Crippen molar-refractivity contribution in [3.8, 4) is 0 Å². The fraction of sp³-hybridized carbons (Fsp3) is 0.714. The fourth-order valence-electron chi connectivity index (χ4n) is 2.32. The van der Waals surface area contributed by atoms with Crippen molar-refractivity contribution < 1.29 is 13.2 Å². The van der Waals surface area contributed by atoms with Crippen molar-refractivity contribution in [2.45, 2.75) is 44.9 Å². The summed E-state index contributed by atoms with van der Waals surface area (Å²) in [5, 5.41) is 7.20. The SMILES string of the molecule is Cc1cc(NC(=O)CSC(C)(C)C)n(C2CCS(=O)(=O)C2)n1. The third-order valence-corrected chi connectivity index (χ3v) is 6.34. The number of anilines is 1. The van der Waals surface area contributed by atoms with Crippen LogP contribution in [0.15, 0.2) is 6.07 Å². The average Bonchev–Trinajstić information content (AvgIpc) is 2.89. The van der Waals surface area contributed by atoms with E-state index < -0.39 is 9.84 Å². The zero-order valence-electron chi connectivity index (χ0n) is 13.4. The minimum atomic E-state index is -2.99. The van der Waals surface area contributed by atoms with Gasteiger partial charge in [0.05, 0.1) is 29.0 Å². The predicted molar refractivity (Wildman–Crippen MR) is 90.1 cm³/mol. The minimum absolute atomic E-state index is 0.0209. The number of carbonyl (C=O) groups is 1. The molecule has 1 aliphatic rings. The Morgan fingerprint density at radius 3 is 2.73 bits per heavy atom. The van der Waals surface area contributed by atoms with E-state index in [0.717, 1.165) is 5.69 Å². The van der Waals surface area contributed by atoms with Gasteiger partial charge in [-0.2, -0.15) is 5.10 Å². The maximum atomic E-state index is 12.1. The summed E-state index contributed by atoms with van der Waals surface area (Å²) in [7, 11) is -2.99. The second-order valence-corrected chi connectivity index (χ2v) is 10.7. The topological polar surface area (TPSA) is 81.1 Å². The lowest BCUT2D eigenvalue weighted by Crippen LogP contribution is -2.22. The Kier molecular flexibility index (Phi) is 4.91. The standard InChI is InChI=1S/C14H23N3O3S2/c1-10-7-12(15-13(18)8-21-14(2,3)4)17(16-10)11-5-6-22(19,20)9-11/h7,11H,5-6,8-9H2,1-4H3,(H,15,18). The first-order chi connectivity index (χ1) is 10.1. The summed E-state index contributed by atoms with van der Waals surface area (Å²) >= 11 is 1.57. The maximum Gasteiger partial charge on any atom is 0.235 e. The second-order valence-electron chi connectivity index (χ2n) is 6.62. The monoisotopic (exact) mass is 345 g/mol. The number of carbonyl (C=O) groups excluding carboxylic acids is 1. The first-order valence-corrected chi connectivity index (χ1v) is 10.1. The van der Waals surface area contributed by atoms with E-state index in [-0.39, 0.29) is 28.2 Å². The van der Waals surface area contributed by atoms with Gasteiger partial charge in [-0.15, -0.1) is 11.8 Å². The lowest BCUT2D eigenvalue weighted by Gasteiger charge is -2.18. The summed E-state index contributed by atoms with van der Waals surface area (Å²) in [5.41, 5.74) is 0.767. The molecule has 1 aliphatic heterocycles.